The van der Waals surface area contributed by atoms with Gasteiger partial charge in [0, 0.05) is 12.6 Å². The van der Waals surface area contributed by atoms with Gasteiger partial charge in [0.1, 0.15) is 6.04 Å². The second-order valence-corrected chi connectivity index (χ2v) is 7.24. The molecule has 3 unspecified atom stereocenters. The molecule has 1 heterocycles. The number of carbonyl (C=O) groups excluding carboxylic acids is 1. The molecule has 1 fully saturated rings. The molecule has 0 radical (unpaired) electrons. The van der Waals surface area contributed by atoms with Crippen LogP contribution < -0.4 is 21.7 Å². The lowest BCUT2D eigenvalue weighted by Gasteiger charge is -2.35. The van der Waals surface area contributed by atoms with Crippen LogP contribution in [0.2, 0.25) is 0 Å². The molecule has 4 N–H and O–H groups in total. The smallest absolute Gasteiger partial charge is 0.240 e. The van der Waals surface area contributed by atoms with E-state index in [4.69, 9.17) is 0 Å². The molecular formula is C17H29N5O. The summed E-state index contributed by atoms with van der Waals surface area (Å²) in [4.78, 5) is 14.8. The minimum atomic E-state index is -0.352. The number of carbonyl (C=O) groups is 1. The fraction of sp³-hybridized carbons (Fsp3) is 0.588. The van der Waals surface area contributed by atoms with E-state index in [9.17, 15) is 4.79 Å². The van der Waals surface area contributed by atoms with Crippen LogP contribution in [0.5, 0.6) is 0 Å². The van der Waals surface area contributed by atoms with Crippen LogP contribution in [0, 0.1) is 5.41 Å². The Morgan fingerprint density at radius 3 is 2.52 bits per heavy atom. The number of rotatable bonds is 6. The maximum absolute atomic E-state index is 12.7. The lowest BCUT2D eigenvalue weighted by molar-refractivity contribution is -0.124. The average Bonchev–Trinajstić information content (AvgIpc) is 2.96. The average molecular weight is 319 g/mol. The van der Waals surface area contributed by atoms with Gasteiger partial charge in [-0.1, -0.05) is 44.2 Å². The number of hydrogen-bond acceptors (Lipinski definition) is 5. The summed E-state index contributed by atoms with van der Waals surface area (Å²) in [5.41, 5.74) is 10.1. The van der Waals surface area contributed by atoms with E-state index in [0.29, 0.717) is 0 Å². The highest BCUT2D eigenvalue weighted by molar-refractivity contribution is 5.83. The van der Waals surface area contributed by atoms with Crippen molar-refractivity contribution in [3.8, 4) is 0 Å². The molecule has 1 aliphatic rings. The summed E-state index contributed by atoms with van der Waals surface area (Å²) >= 11 is 0. The Balaban J connectivity index is 2.02. The molecule has 0 aromatic heterocycles. The van der Waals surface area contributed by atoms with Crippen molar-refractivity contribution >= 4 is 5.91 Å². The monoisotopic (exact) mass is 319 g/mol. The van der Waals surface area contributed by atoms with E-state index in [-0.39, 0.29) is 29.4 Å². The van der Waals surface area contributed by atoms with Crippen molar-refractivity contribution in [3.63, 3.8) is 0 Å². The Hall–Kier alpha value is -1.47. The SMILES string of the molecule is CC(NC(=O)C1NNNC1c1ccccc1)C(C)(C)CN(C)C. The second kappa shape index (κ2) is 7.40. The van der Waals surface area contributed by atoms with Gasteiger partial charge < -0.3 is 10.2 Å². The molecular weight excluding hydrogens is 290 g/mol. The van der Waals surface area contributed by atoms with Crippen LogP contribution in [-0.2, 0) is 4.79 Å². The number of nitrogens with zero attached hydrogens (tertiary/aromatic N) is 1. The summed E-state index contributed by atoms with van der Waals surface area (Å²) in [5, 5.41) is 3.16. The van der Waals surface area contributed by atoms with Gasteiger partial charge in [-0.2, -0.15) is 5.53 Å². The van der Waals surface area contributed by atoms with E-state index < -0.39 is 0 Å². The standard InChI is InChI=1S/C17H29N5O/c1-12(17(2,3)11-22(4)5)18-16(23)15-14(19-21-20-15)13-9-7-6-8-10-13/h6-10,12,14-15,19-21H,11H2,1-5H3,(H,18,23). The highest BCUT2D eigenvalue weighted by Gasteiger charge is 2.36. The number of amides is 1. The van der Waals surface area contributed by atoms with E-state index in [2.05, 4.69) is 47.4 Å². The molecule has 1 aromatic rings. The van der Waals surface area contributed by atoms with Crippen LogP contribution in [0.3, 0.4) is 0 Å². The number of hydrogen-bond donors (Lipinski definition) is 4. The Morgan fingerprint density at radius 1 is 1.26 bits per heavy atom. The van der Waals surface area contributed by atoms with Gasteiger partial charge in [0.25, 0.3) is 0 Å². The summed E-state index contributed by atoms with van der Waals surface area (Å²) in [6.07, 6.45) is 0. The van der Waals surface area contributed by atoms with Crippen LogP contribution in [0.4, 0.5) is 0 Å². The maximum Gasteiger partial charge on any atom is 0.240 e. The van der Waals surface area contributed by atoms with Crippen molar-refractivity contribution in [2.75, 3.05) is 20.6 Å². The molecule has 0 saturated carbocycles. The van der Waals surface area contributed by atoms with Gasteiger partial charge in [-0.05, 0) is 32.0 Å². The van der Waals surface area contributed by atoms with Gasteiger partial charge in [-0.15, -0.1) is 0 Å². The van der Waals surface area contributed by atoms with Crippen molar-refractivity contribution in [2.45, 2.75) is 38.9 Å². The van der Waals surface area contributed by atoms with E-state index in [1.807, 2.05) is 44.4 Å². The molecule has 2 rings (SSSR count). The van der Waals surface area contributed by atoms with Gasteiger partial charge in [0.05, 0.1) is 6.04 Å². The molecule has 3 atom stereocenters. The molecule has 1 aliphatic heterocycles. The molecule has 23 heavy (non-hydrogen) atoms. The zero-order valence-electron chi connectivity index (χ0n) is 14.7. The number of benzene rings is 1. The lowest BCUT2D eigenvalue weighted by atomic mass is 9.84. The quantitative estimate of drug-likeness (QED) is 0.625. The summed E-state index contributed by atoms with van der Waals surface area (Å²) in [6.45, 7) is 7.32. The minimum absolute atomic E-state index is 0.00400. The largest absolute Gasteiger partial charge is 0.352 e. The molecule has 0 aliphatic carbocycles. The van der Waals surface area contributed by atoms with E-state index in [0.717, 1.165) is 12.1 Å². The Bertz CT molecular complexity index is 517. The molecule has 1 aromatic carbocycles. The van der Waals surface area contributed by atoms with Gasteiger partial charge in [-0.25, -0.2) is 10.9 Å². The fourth-order valence-electron chi connectivity index (χ4n) is 2.97. The molecule has 6 heteroatoms. The van der Waals surface area contributed by atoms with Crippen LogP contribution in [-0.4, -0.2) is 43.5 Å². The first-order valence-electron chi connectivity index (χ1n) is 8.07. The predicted molar refractivity (Wildman–Crippen MR) is 92.3 cm³/mol. The van der Waals surface area contributed by atoms with Gasteiger partial charge in [0.2, 0.25) is 5.91 Å². The topological polar surface area (TPSA) is 68.4 Å². The summed E-state index contributed by atoms with van der Waals surface area (Å²) < 4.78 is 0. The highest BCUT2D eigenvalue weighted by Crippen LogP contribution is 2.23. The highest BCUT2D eigenvalue weighted by atomic mass is 16.2. The number of hydrazine groups is 2. The van der Waals surface area contributed by atoms with Gasteiger partial charge >= 0.3 is 0 Å². The maximum atomic E-state index is 12.7. The molecule has 128 valence electrons. The molecule has 0 spiro atoms. The van der Waals surface area contributed by atoms with Crippen molar-refractivity contribution in [1.29, 1.82) is 0 Å². The van der Waals surface area contributed by atoms with Crippen LogP contribution >= 0.6 is 0 Å². The molecule has 1 amide bonds. The van der Waals surface area contributed by atoms with Crippen LogP contribution in [0.1, 0.15) is 32.4 Å². The van der Waals surface area contributed by atoms with Crippen LogP contribution in [0.25, 0.3) is 0 Å². The Labute approximate surface area is 139 Å². The first-order valence-corrected chi connectivity index (χ1v) is 8.07. The van der Waals surface area contributed by atoms with E-state index >= 15 is 0 Å². The normalized spacial score (nSPS) is 23.0. The fourth-order valence-corrected chi connectivity index (χ4v) is 2.97. The second-order valence-electron chi connectivity index (χ2n) is 7.24. The molecule has 0 bridgehead atoms. The lowest BCUT2D eigenvalue weighted by Crippen LogP contribution is -2.53. The summed E-state index contributed by atoms with van der Waals surface area (Å²) in [6, 6.07) is 9.59. The first-order chi connectivity index (χ1) is 10.8. The number of nitrogens with one attached hydrogen (secondary N) is 4. The summed E-state index contributed by atoms with van der Waals surface area (Å²) in [5.74, 6) is -0.00400. The van der Waals surface area contributed by atoms with E-state index in [1.54, 1.807) is 0 Å². The van der Waals surface area contributed by atoms with Crippen LogP contribution in [0.15, 0.2) is 30.3 Å². The van der Waals surface area contributed by atoms with Crippen molar-refractivity contribution in [1.82, 2.24) is 26.6 Å². The third kappa shape index (κ3) is 4.51. The zero-order valence-corrected chi connectivity index (χ0v) is 14.7. The van der Waals surface area contributed by atoms with Crippen molar-refractivity contribution < 1.29 is 4.79 Å². The third-order valence-electron chi connectivity index (χ3n) is 4.48. The predicted octanol–water partition coefficient (Wildman–Crippen LogP) is 0.801. The van der Waals surface area contributed by atoms with E-state index in [1.165, 1.54) is 0 Å². The zero-order chi connectivity index (χ0) is 17.0. The summed E-state index contributed by atoms with van der Waals surface area (Å²) in [7, 11) is 4.10. The Kier molecular flexibility index (Phi) is 5.75. The third-order valence-corrected chi connectivity index (χ3v) is 4.48. The molecule has 1 saturated heterocycles. The van der Waals surface area contributed by atoms with Gasteiger partial charge in [0.15, 0.2) is 0 Å². The minimum Gasteiger partial charge on any atom is -0.352 e. The van der Waals surface area contributed by atoms with Gasteiger partial charge in [-0.3, -0.25) is 4.79 Å². The van der Waals surface area contributed by atoms with Crippen molar-refractivity contribution in [2.24, 2.45) is 5.41 Å². The Morgan fingerprint density at radius 2 is 1.91 bits per heavy atom. The van der Waals surface area contributed by atoms with Crippen molar-refractivity contribution in [3.05, 3.63) is 35.9 Å². The first kappa shape index (κ1) is 17.9. The molecule has 6 nitrogen and oxygen atoms in total.